The summed E-state index contributed by atoms with van der Waals surface area (Å²) in [7, 11) is 0. The lowest BCUT2D eigenvalue weighted by Gasteiger charge is -2.18. The lowest BCUT2D eigenvalue weighted by molar-refractivity contribution is 0.153. The van der Waals surface area contributed by atoms with Crippen LogP contribution >= 0.6 is 23.2 Å². The van der Waals surface area contributed by atoms with Crippen molar-refractivity contribution >= 4 is 23.2 Å². The maximum absolute atomic E-state index is 6.64. The molecule has 0 bridgehead atoms. The topological polar surface area (TPSA) is 54.4 Å². The molecule has 3 aromatic carbocycles. The summed E-state index contributed by atoms with van der Waals surface area (Å²) in [4.78, 5) is 2.62. The van der Waals surface area contributed by atoms with Crippen molar-refractivity contribution in [2.45, 2.75) is 39.0 Å². The van der Waals surface area contributed by atoms with E-state index in [1.807, 2.05) is 30.3 Å². The number of ether oxygens (including phenoxy) is 1. The van der Waals surface area contributed by atoms with Gasteiger partial charge in [-0.25, -0.2) is 0 Å². The molecule has 1 aromatic heterocycles. The number of rotatable bonds is 9. The van der Waals surface area contributed by atoms with Crippen LogP contribution in [-0.4, -0.2) is 54.1 Å². The summed E-state index contributed by atoms with van der Waals surface area (Å²) in [6, 6.07) is 22.4. The van der Waals surface area contributed by atoms with Gasteiger partial charge in [0.2, 0.25) is 0 Å². The van der Waals surface area contributed by atoms with Gasteiger partial charge in [-0.15, -0.1) is 0 Å². The number of hydrogen-bond acceptors (Lipinski definition) is 5. The predicted octanol–water partition coefficient (Wildman–Crippen LogP) is 6.16. The van der Waals surface area contributed by atoms with Gasteiger partial charge in [0.1, 0.15) is 0 Å². The molecule has 0 unspecified atom stereocenters. The fourth-order valence-corrected chi connectivity index (χ4v) is 7.11. The molecule has 6 nitrogen and oxygen atoms in total. The Labute approximate surface area is 276 Å². The first kappa shape index (κ1) is 30.5. The maximum Gasteiger partial charge on any atom is 0.0971 e. The van der Waals surface area contributed by atoms with Gasteiger partial charge in [0, 0.05) is 97.0 Å². The second kappa shape index (κ2) is 14.1. The van der Waals surface area contributed by atoms with Gasteiger partial charge in [-0.3, -0.25) is 4.68 Å². The molecule has 2 saturated heterocycles. The van der Waals surface area contributed by atoms with Crippen LogP contribution in [0.15, 0.2) is 66.7 Å². The lowest BCUT2D eigenvalue weighted by Crippen LogP contribution is -2.27. The Bertz CT molecular complexity index is 1680. The molecule has 3 aliphatic heterocycles. The number of halogens is 2. The Morgan fingerprint density at radius 3 is 2.38 bits per heavy atom. The first-order valence-electron chi connectivity index (χ1n) is 16.0. The van der Waals surface area contributed by atoms with Gasteiger partial charge in [-0.2, -0.15) is 5.10 Å². The number of aryl methyl sites for hydroxylation is 1. The molecule has 232 valence electrons. The Kier molecular flexibility index (Phi) is 9.55. The van der Waals surface area contributed by atoms with Crippen molar-refractivity contribution in [2.75, 3.05) is 39.4 Å². The van der Waals surface area contributed by atoms with E-state index < -0.39 is 0 Å². The third-order valence-corrected chi connectivity index (χ3v) is 9.86. The van der Waals surface area contributed by atoms with Crippen LogP contribution in [0.2, 0.25) is 10.0 Å². The molecule has 45 heavy (non-hydrogen) atoms. The summed E-state index contributed by atoms with van der Waals surface area (Å²) in [6.45, 7) is 9.70. The minimum absolute atomic E-state index is 0.654. The molecule has 4 heterocycles. The van der Waals surface area contributed by atoms with E-state index in [0.29, 0.717) is 5.02 Å². The van der Waals surface area contributed by atoms with Crippen LogP contribution in [0.3, 0.4) is 0 Å². The average molecular weight is 641 g/mol. The molecule has 2 fully saturated rings. The van der Waals surface area contributed by atoms with Crippen molar-refractivity contribution in [1.82, 2.24) is 25.3 Å². The second-order valence-corrected chi connectivity index (χ2v) is 13.3. The van der Waals surface area contributed by atoms with Gasteiger partial charge in [0.05, 0.1) is 23.9 Å². The largest absolute Gasteiger partial charge is 0.381 e. The van der Waals surface area contributed by atoms with E-state index in [0.717, 1.165) is 105 Å². The highest BCUT2D eigenvalue weighted by Crippen LogP contribution is 2.31. The summed E-state index contributed by atoms with van der Waals surface area (Å²) in [5.41, 5.74) is 8.96. The minimum atomic E-state index is 0.654. The molecule has 0 aliphatic carbocycles. The van der Waals surface area contributed by atoms with E-state index in [9.17, 15) is 0 Å². The van der Waals surface area contributed by atoms with Crippen molar-refractivity contribution in [3.8, 4) is 23.1 Å². The van der Waals surface area contributed by atoms with Crippen molar-refractivity contribution in [1.29, 1.82) is 0 Å². The number of fused-ring (bicyclic) bond motifs is 2. The number of nitrogens with zero attached hydrogens (tertiary/aromatic N) is 3. The van der Waals surface area contributed by atoms with E-state index in [4.69, 9.17) is 33.0 Å². The first-order valence-corrected chi connectivity index (χ1v) is 16.8. The van der Waals surface area contributed by atoms with E-state index in [1.54, 1.807) is 0 Å². The highest BCUT2D eigenvalue weighted by Gasteiger charge is 2.36. The van der Waals surface area contributed by atoms with Crippen LogP contribution in [0.5, 0.6) is 0 Å². The molecular formula is C37H39Cl2N5O. The van der Waals surface area contributed by atoms with Gasteiger partial charge in [-0.1, -0.05) is 65.4 Å². The zero-order valence-corrected chi connectivity index (χ0v) is 27.0. The van der Waals surface area contributed by atoms with Crippen molar-refractivity contribution in [2.24, 2.45) is 11.8 Å². The average Bonchev–Trinajstić information content (AvgIpc) is 3.77. The van der Waals surface area contributed by atoms with E-state index in [-0.39, 0.29) is 0 Å². The molecule has 0 radical (unpaired) electrons. The molecule has 2 N–H and O–H groups in total. The Morgan fingerprint density at radius 2 is 1.62 bits per heavy atom. The van der Waals surface area contributed by atoms with Crippen LogP contribution in [-0.2, 0) is 37.3 Å². The summed E-state index contributed by atoms with van der Waals surface area (Å²) in [5.74, 6) is 8.10. The fraction of sp³-hybridized carbons (Fsp3) is 0.378. The molecular weight excluding hydrogens is 601 g/mol. The first-order chi connectivity index (χ1) is 22.1. The lowest BCUT2D eigenvalue weighted by atomic mass is 10.0. The maximum atomic E-state index is 6.64. The summed E-state index contributed by atoms with van der Waals surface area (Å²) in [5, 5.41) is 13.6. The molecule has 7 rings (SSSR count). The van der Waals surface area contributed by atoms with Crippen LogP contribution in [0.25, 0.3) is 11.3 Å². The summed E-state index contributed by atoms with van der Waals surface area (Å²) >= 11 is 12.6. The minimum Gasteiger partial charge on any atom is -0.381 e. The van der Waals surface area contributed by atoms with Crippen LogP contribution in [0.1, 0.15) is 39.9 Å². The molecule has 3 aliphatic rings. The fourth-order valence-electron chi connectivity index (χ4n) is 6.81. The smallest absolute Gasteiger partial charge is 0.0971 e. The predicted molar refractivity (Wildman–Crippen MR) is 181 cm³/mol. The Morgan fingerprint density at radius 1 is 0.889 bits per heavy atom. The normalized spacial score (nSPS) is 19.2. The second-order valence-electron chi connectivity index (χ2n) is 12.5. The van der Waals surface area contributed by atoms with Crippen LogP contribution < -0.4 is 10.6 Å². The number of benzene rings is 3. The van der Waals surface area contributed by atoms with Crippen LogP contribution in [0.4, 0.5) is 0 Å². The van der Waals surface area contributed by atoms with Crippen molar-refractivity contribution in [3.63, 3.8) is 0 Å². The van der Waals surface area contributed by atoms with Gasteiger partial charge in [-0.05, 0) is 60.5 Å². The van der Waals surface area contributed by atoms with Crippen molar-refractivity contribution < 1.29 is 4.74 Å². The van der Waals surface area contributed by atoms with E-state index in [1.165, 1.54) is 35.5 Å². The number of hydrogen-bond donors (Lipinski definition) is 2. The van der Waals surface area contributed by atoms with Gasteiger partial charge < -0.3 is 20.3 Å². The van der Waals surface area contributed by atoms with Gasteiger partial charge in [0.25, 0.3) is 0 Å². The number of nitrogens with one attached hydrogen (secondary N) is 2. The zero-order valence-electron chi connectivity index (χ0n) is 25.5. The molecule has 0 spiro atoms. The molecule has 0 saturated carbocycles. The highest BCUT2D eigenvalue weighted by molar-refractivity contribution is 6.31. The van der Waals surface area contributed by atoms with Gasteiger partial charge in [0.15, 0.2) is 0 Å². The summed E-state index contributed by atoms with van der Waals surface area (Å²) in [6.07, 6.45) is 2.11. The quantitative estimate of drug-likeness (QED) is 0.215. The van der Waals surface area contributed by atoms with Gasteiger partial charge >= 0.3 is 0 Å². The highest BCUT2D eigenvalue weighted by atomic mass is 35.5. The summed E-state index contributed by atoms with van der Waals surface area (Å²) < 4.78 is 7.92. The standard InChI is InChI=1S/C37H39Cl2N5O/c38-33-11-7-28(8-12-33)20-41-19-27-4-2-26(3-5-27)6-9-29-18-30(10-13-35(29)39)37-34-21-40-15-14-36(34)44(42-37)17-1-16-43-22-31-24-45-25-32(31)23-43/h2-5,7-8,10-13,18,31-32,40-41H,1,14-17,19-25H2/t31-,32+. The van der Waals surface area contributed by atoms with Crippen molar-refractivity contribution in [3.05, 3.63) is 110 Å². The Hall–Kier alpha value is -3.15. The SMILES string of the molecule is Clc1ccc(CNCc2ccc(C#Cc3cc(-c4nn(CCCN5C[C@H]6COC[C@H]6C5)c5c4CNCC5)ccc3Cl)cc2)cc1. The van der Waals surface area contributed by atoms with Crippen LogP contribution in [0, 0.1) is 23.7 Å². The number of likely N-dealkylation sites (tertiary alicyclic amines) is 1. The molecule has 0 amide bonds. The molecule has 4 aromatic rings. The van der Waals surface area contributed by atoms with E-state index in [2.05, 4.69) is 68.5 Å². The third kappa shape index (κ3) is 7.31. The number of aromatic nitrogens is 2. The van der Waals surface area contributed by atoms with E-state index >= 15 is 0 Å². The zero-order chi connectivity index (χ0) is 30.6. The molecule has 8 heteroatoms. The monoisotopic (exact) mass is 639 g/mol. The molecule has 2 atom stereocenters. The third-order valence-electron chi connectivity index (χ3n) is 9.27. The Balaban J connectivity index is 1.00.